The van der Waals surface area contributed by atoms with Gasteiger partial charge in [0.2, 0.25) is 0 Å². The molecule has 0 saturated carbocycles. The number of fused-ring (bicyclic) bond motifs is 8. The predicted octanol–water partition coefficient (Wildman–Crippen LogP) is 13.2. The van der Waals surface area contributed by atoms with Crippen molar-refractivity contribution in [2.24, 2.45) is 0 Å². The SMILES string of the molecule is c1ccc(-c2ccc(N(c3cccc4ccccc34)c3cc4c(-c5ccccc5)nc5ccccc5c4c4c3oc3ccccc34)cc2)cc1. The molecule has 0 spiro atoms. The number of furan rings is 1. The Hall–Kier alpha value is -6.71. The van der Waals surface area contributed by atoms with Gasteiger partial charge in [0.25, 0.3) is 0 Å². The van der Waals surface area contributed by atoms with Crippen molar-refractivity contribution in [1.82, 2.24) is 4.98 Å². The van der Waals surface area contributed by atoms with Gasteiger partial charge in [-0.25, -0.2) is 4.98 Å². The number of anilines is 3. The van der Waals surface area contributed by atoms with Crippen LogP contribution in [-0.2, 0) is 0 Å². The van der Waals surface area contributed by atoms with E-state index in [1.54, 1.807) is 0 Å². The standard InChI is InChI=1S/C47H30N2O/c1-3-14-31(15-4-1)32-26-28-35(29-27-32)49(41-24-13-19-33-16-7-8-20-36(33)41)42-30-39-44(45-38-22-10-12-25-43(38)50-47(42)45)37-21-9-11-23-40(37)48-46(39)34-17-5-2-6-18-34/h1-30H. The lowest BCUT2D eigenvalue weighted by atomic mass is 9.94. The van der Waals surface area contributed by atoms with Crippen LogP contribution in [0.1, 0.15) is 0 Å². The second kappa shape index (κ2) is 11.5. The summed E-state index contributed by atoms with van der Waals surface area (Å²) in [5.41, 5.74) is 10.1. The highest BCUT2D eigenvalue weighted by Crippen LogP contribution is 2.49. The van der Waals surface area contributed by atoms with E-state index in [2.05, 4.69) is 181 Å². The first-order chi connectivity index (χ1) is 24.8. The van der Waals surface area contributed by atoms with Gasteiger partial charge in [0.15, 0.2) is 5.58 Å². The minimum absolute atomic E-state index is 0.842. The summed E-state index contributed by atoms with van der Waals surface area (Å²) in [7, 11) is 0. The Labute approximate surface area is 289 Å². The van der Waals surface area contributed by atoms with Gasteiger partial charge >= 0.3 is 0 Å². The van der Waals surface area contributed by atoms with Crippen LogP contribution in [0.25, 0.3) is 76.8 Å². The van der Waals surface area contributed by atoms with Crippen LogP contribution in [0.2, 0.25) is 0 Å². The van der Waals surface area contributed by atoms with Crippen LogP contribution >= 0.6 is 0 Å². The molecule has 3 nitrogen and oxygen atoms in total. The second-order valence-corrected chi connectivity index (χ2v) is 12.7. The number of pyridine rings is 1. The molecule has 0 unspecified atom stereocenters. The Bertz CT molecular complexity index is 2850. The highest BCUT2D eigenvalue weighted by atomic mass is 16.3. The lowest BCUT2D eigenvalue weighted by Gasteiger charge is -2.28. The molecular weight excluding hydrogens is 609 g/mol. The van der Waals surface area contributed by atoms with E-state index >= 15 is 0 Å². The molecule has 0 aliphatic carbocycles. The van der Waals surface area contributed by atoms with Crippen molar-refractivity contribution >= 4 is 71.4 Å². The van der Waals surface area contributed by atoms with Crippen molar-refractivity contribution in [2.45, 2.75) is 0 Å². The van der Waals surface area contributed by atoms with Gasteiger partial charge in [-0.05, 0) is 52.9 Å². The zero-order valence-corrected chi connectivity index (χ0v) is 27.1. The number of rotatable bonds is 5. The van der Waals surface area contributed by atoms with Gasteiger partial charge in [-0.15, -0.1) is 0 Å². The molecule has 10 aromatic rings. The lowest BCUT2D eigenvalue weighted by molar-refractivity contribution is 0.669. The maximum atomic E-state index is 6.95. The minimum Gasteiger partial charge on any atom is -0.454 e. The first kappa shape index (κ1) is 28.3. The topological polar surface area (TPSA) is 29.3 Å². The van der Waals surface area contributed by atoms with Crippen molar-refractivity contribution in [3.63, 3.8) is 0 Å². The fourth-order valence-electron chi connectivity index (χ4n) is 7.54. The molecule has 0 N–H and O–H groups in total. The van der Waals surface area contributed by atoms with Crippen LogP contribution < -0.4 is 4.90 Å². The van der Waals surface area contributed by atoms with Crippen LogP contribution in [0.15, 0.2) is 186 Å². The van der Waals surface area contributed by atoms with E-state index in [4.69, 9.17) is 9.40 Å². The molecule has 3 heteroatoms. The normalized spacial score (nSPS) is 11.6. The molecule has 8 aromatic carbocycles. The van der Waals surface area contributed by atoms with Gasteiger partial charge in [0.1, 0.15) is 5.58 Å². The van der Waals surface area contributed by atoms with Gasteiger partial charge in [-0.3, -0.25) is 0 Å². The number of hydrogen-bond acceptors (Lipinski definition) is 3. The first-order valence-corrected chi connectivity index (χ1v) is 17.0. The third-order valence-corrected chi connectivity index (χ3v) is 9.82. The molecule has 50 heavy (non-hydrogen) atoms. The Kier molecular flexibility index (Phi) is 6.49. The zero-order valence-electron chi connectivity index (χ0n) is 27.1. The summed E-state index contributed by atoms with van der Waals surface area (Å²) in [5.74, 6) is 0. The molecule has 10 rings (SSSR count). The van der Waals surface area contributed by atoms with Crippen molar-refractivity contribution in [2.75, 3.05) is 4.90 Å². The minimum atomic E-state index is 0.842. The maximum absolute atomic E-state index is 6.95. The molecule has 0 aliphatic rings. The summed E-state index contributed by atoms with van der Waals surface area (Å²) < 4.78 is 6.95. The third-order valence-electron chi connectivity index (χ3n) is 9.82. The lowest BCUT2D eigenvalue weighted by Crippen LogP contribution is -2.11. The Morgan fingerprint density at radius 1 is 0.420 bits per heavy atom. The number of benzene rings is 8. The largest absolute Gasteiger partial charge is 0.454 e. The van der Waals surface area contributed by atoms with E-state index in [1.165, 1.54) is 16.5 Å². The fraction of sp³-hybridized carbons (Fsp3) is 0. The smallest absolute Gasteiger partial charge is 0.160 e. The summed E-state index contributed by atoms with van der Waals surface area (Å²) in [5, 5.41) is 7.85. The number of aromatic nitrogens is 1. The monoisotopic (exact) mass is 638 g/mol. The molecule has 234 valence electrons. The molecule has 0 bridgehead atoms. The summed E-state index contributed by atoms with van der Waals surface area (Å²) >= 11 is 0. The van der Waals surface area contributed by atoms with Crippen molar-refractivity contribution in [3.8, 4) is 22.4 Å². The average molecular weight is 639 g/mol. The van der Waals surface area contributed by atoms with Gasteiger partial charge in [-0.1, -0.05) is 146 Å². The number of nitrogens with zero attached hydrogens (tertiary/aromatic N) is 2. The molecule has 0 aliphatic heterocycles. The Morgan fingerprint density at radius 3 is 1.84 bits per heavy atom. The Balaban J connectivity index is 1.36. The molecule has 0 amide bonds. The molecule has 2 aromatic heterocycles. The van der Waals surface area contributed by atoms with Crippen LogP contribution in [0.5, 0.6) is 0 Å². The molecule has 2 heterocycles. The fourth-order valence-corrected chi connectivity index (χ4v) is 7.54. The first-order valence-electron chi connectivity index (χ1n) is 17.0. The summed E-state index contributed by atoms with van der Waals surface area (Å²) in [4.78, 5) is 7.70. The van der Waals surface area contributed by atoms with Gasteiger partial charge < -0.3 is 9.32 Å². The third kappa shape index (κ3) is 4.48. The van der Waals surface area contributed by atoms with Crippen LogP contribution in [0.4, 0.5) is 17.1 Å². The molecule has 0 fully saturated rings. The van der Waals surface area contributed by atoms with E-state index in [0.29, 0.717) is 0 Å². The quantitative estimate of drug-likeness (QED) is 0.176. The van der Waals surface area contributed by atoms with E-state index in [0.717, 1.165) is 77.3 Å². The second-order valence-electron chi connectivity index (χ2n) is 12.7. The summed E-state index contributed by atoms with van der Waals surface area (Å²) in [6.45, 7) is 0. The highest BCUT2D eigenvalue weighted by molar-refractivity contribution is 6.31. The number of hydrogen-bond donors (Lipinski definition) is 0. The van der Waals surface area contributed by atoms with E-state index in [9.17, 15) is 0 Å². The molecular formula is C47H30N2O. The zero-order chi connectivity index (χ0) is 33.0. The van der Waals surface area contributed by atoms with E-state index in [1.807, 2.05) is 6.07 Å². The highest BCUT2D eigenvalue weighted by Gasteiger charge is 2.25. The Morgan fingerprint density at radius 2 is 1.04 bits per heavy atom. The molecule has 0 saturated heterocycles. The van der Waals surface area contributed by atoms with Gasteiger partial charge in [-0.2, -0.15) is 0 Å². The van der Waals surface area contributed by atoms with Crippen molar-refractivity contribution in [3.05, 3.63) is 182 Å². The molecule has 0 atom stereocenters. The van der Waals surface area contributed by atoms with Crippen LogP contribution in [0, 0.1) is 0 Å². The summed E-state index contributed by atoms with van der Waals surface area (Å²) in [6.07, 6.45) is 0. The van der Waals surface area contributed by atoms with Crippen molar-refractivity contribution in [1.29, 1.82) is 0 Å². The van der Waals surface area contributed by atoms with Crippen LogP contribution in [-0.4, -0.2) is 4.98 Å². The molecule has 0 radical (unpaired) electrons. The average Bonchev–Trinajstić information content (AvgIpc) is 3.59. The number of para-hydroxylation sites is 2. The van der Waals surface area contributed by atoms with Gasteiger partial charge in [0, 0.05) is 43.6 Å². The van der Waals surface area contributed by atoms with Gasteiger partial charge in [0.05, 0.1) is 22.6 Å². The summed E-state index contributed by atoms with van der Waals surface area (Å²) in [6, 6.07) is 64.2. The van der Waals surface area contributed by atoms with Crippen LogP contribution in [0.3, 0.4) is 0 Å². The maximum Gasteiger partial charge on any atom is 0.160 e. The van der Waals surface area contributed by atoms with E-state index < -0.39 is 0 Å². The predicted molar refractivity (Wildman–Crippen MR) is 210 cm³/mol. The van der Waals surface area contributed by atoms with E-state index in [-0.39, 0.29) is 0 Å². The van der Waals surface area contributed by atoms with Crippen molar-refractivity contribution < 1.29 is 4.42 Å².